The summed E-state index contributed by atoms with van der Waals surface area (Å²) in [5.74, 6) is 0.344. The van der Waals surface area contributed by atoms with Gasteiger partial charge in [0, 0.05) is 5.56 Å². The van der Waals surface area contributed by atoms with Crippen LogP contribution in [0.4, 0.5) is 0 Å². The summed E-state index contributed by atoms with van der Waals surface area (Å²) in [4.78, 5) is 4.36. The Kier molecular flexibility index (Phi) is 8.51. The third-order valence-electron chi connectivity index (χ3n) is 3.72. The van der Waals surface area contributed by atoms with E-state index in [1.54, 1.807) is 0 Å². The average Bonchev–Trinajstić information content (AvgIpc) is 2.46. The van der Waals surface area contributed by atoms with Crippen LogP contribution in [0.15, 0.2) is 17.3 Å². The van der Waals surface area contributed by atoms with Crippen LogP contribution in [0, 0.1) is 6.92 Å². The van der Waals surface area contributed by atoms with Gasteiger partial charge in [-0.05, 0) is 37.0 Å². The Balaban J connectivity index is 2.48. The molecule has 0 aliphatic carbocycles. The minimum Gasteiger partial charge on any atom is -0.411 e. The van der Waals surface area contributed by atoms with E-state index in [0.717, 1.165) is 18.4 Å². The van der Waals surface area contributed by atoms with Crippen molar-refractivity contribution in [2.75, 3.05) is 0 Å². The van der Waals surface area contributed by atoms with Gasteiger partial charge in [0.05, 0.1) is 6.21 Å². The molecule has 0 fully saturated rings. The molecule has 2 N–H and O–H groups in total. The molecular weight excluding hydrogens is 266 g/mol. The molecule has 21 heavy (non-hydrogen) atoms. The molecule has 1 aromatic rings. The number of unbranched alkanes of at least 4 members (excludes halogenated alkanes) is 6. The van der Waals surface area contributed by atoms with Crippen molar-refractivity contribution in [3.8, 4) is 5.75 Å². The van der Waals surface area contributed by atoms with Crippen molar-refractivity contribution in [1.82, 2.24) is 0 Å². The molecule has 0 saturated carbocycles. The second-order valence-electron chi connectivity index (χ2n) is 5.54. The first kappa shape index (κ1) is 17.5. The lowest BCUT2D eigenvalue weighted by atomic mass is 10.00. The van der Waals surface area contributed by atoms with E-state index >= 15 is 0 Å². The molecule has 4 heteroatoms. The van der Waals surface area contributed by atoms with Gasteiger partial charge in [-0.3, -0.25) is 0 Å². The maximum Gasteiger partial charge on any atom is 0.176 e. The molecule has 118 valence electrons. The highest BCUT2D eigenvalue weighted by molar-refractivity contribution is 5.84. The summed E-state index contributed by atoms with van der Waals surface area (Å²) < 4.78 is 0. The van der Waals surface area contributed by atoms with Crippen LogP contribution < -0.4 is 4.89 Å². The SMILES string of the molecule is CCCCCCCCCc1cc(C)c(OO)c(C=NO)c1. The van der Waals surface area contributed by atoms with E-state index in [4.69, 9.17) is 10.5 Å². The van der Waals surface area contributed by atoms with E-state index in [9.17, 15) is 0 Å². The van der Waals surface area contributed by atoms with Gasteiger partial charge >= 0.3 is 0 Å². The highest BCUT2D eigenvalue weighted by atomic mass is 17.1. The highest BCUT2D eigenvalue weighted by Crippen LogP contribution is 2.25. The summed E-state index contributed by atoms with van der Waals surface area (Å²) in [6.45, 7) is 4.10. The van der Waals surface area contributed by atoms with Crippen LogP contribution in [0.2, 0.25) is 0 Å². The van der Waals surface area contributed by atoms with E-state index in [0.29, 0.717) is 11.3 Å². The second kappa shape index (κ2) is 10.2. The number of nitrogens with zero attached hydrogens (tertiary/aromatic N) is 1. The quantitative estimate of drug-likeness (QED) is 0.211. The first-order valence-electron chi connectivity index (χ1n) is 7.85. The summed E-state index contributed by atoms with van der Waals surface area (Å²) in [6, 6.07) is 3.91. The van der Waals surface area contributed by atoms with Crippen LogP contribution in [0.3, 0.4) is 0 Å². The number of oxime groups is 1. The van der Waals surface area contributed by atoms with E-state index in [1.807, 2.05) is 19.1 Å². The third kappa shape index (κ3) is 6.17. The third-order valence-corrected chi connectivity index (χ3v) is 3.72. The summed E-state index contributed by atoms with van der Waals surface area (Å²) in [7, 11) is 0. The van der Waals surface area contributed by atoms with Crippen molar-refractivity contribution in [2.45, 2.75) is 65.2 Å². The molecule has 0 saturated heterocycles. The van der Waals surface area contributed by atoms with Crippen molar-refractivity contribution < 1.29 is 15.4 Å². The molecule has 0 unspecified atom stereocenters. The monoisotopic (exact) mass is 293 g/mol. The van der Waals surface area contributed by atoms with Gasteiger partial charge in [-0.2, -0.15) is 0 Å². The molecule has 1 rings (SSSR count). The topological polar surface area (TPSA) is 62.0 Å². The van der Waals surface area contributed by atoms with Gasteiger partial charge in [0.1, 0.15) is 0 Å². The lowest BCUT2D eigenvalue weighted by molar-refractivity contribution is -0.138. The molecule has 0 bridgehead atoms. The van der Waals surface area contributed by atoms with Crippen molar-refractivity contribution in [3.05, 3.63) is 28.8 Å². The number of rotatable bonds is 10. The Morgan fingerprint density at radius 2 is 1.76 bits per heavy atom. The van der Waals surface area contributed by atoms with Gasteiger partial charge in [0.2, 0.25) is 0 Å². The summed E-state index contributed by atoms with van der Waals surface area (Å²) in [6.07, 6.45) is 11.3. The lowest BCUT2D eigenvalue weighted by Crippen LogP contribution is -1.98. The lowest BCUT2D eigenvalue weighted by Gasteiger charge is -2.09. The minimum atomic E-state index is 0.344. The van der Waals surface area contributed by atoms with Crippen LogP contribution in [-0.4, -0.2) is 16.7 Å². The zero-order valence-electron chi connectivity index (χ0n) is 13.1. The van der Waals surface area contributed by atoms with Crippen molar-refractivity contribution in [3.63, 3.8) is 0 Å². The average molecular weight is 293 g/mol. The first-order valence-corrected chi connectivity index (χ1v) is 7.85. The molecule has 0 aliphatic heterocycles. The summed E-state index contributed by atoms with van der Waals surface area (Å²) in [5, 5.41) is 20.6. The molecule has 0 atom stereocenters. The van der Waals surface area contributed by atoms with Crippen molar-refractivity contribution in [1.29, 1.82) is 0 Å². The van der Waals surface area contributed by atoms with E-state index in [-0.39, 0.29) is 0 Å². The fourth-order valence-corrected chi connectivity index (χ4v) is 2.59. The Hall–Kier alpha value is -1.55. The largest absolute Gasteiger partial charge is 0.411 e. The van der Waals surface area contributed by atoms with E-state index < -0.39 is 0 Å². The molecule has 0 spiro atoms. The number of hydrogen-bond acceptors (Lipinski definition) is 4. The van der Waals surface area contributed by atoms with E-state index in [1.165, 1.54) is 50.3 Å². The zero-order valence-corrected chi connectivity index (χ0v) is 13.1. The number of aryl methyl sites for hydroxylation is 2. The molecule has 0 heterocycles. The van der Waals surface area contributed by atoms with Crippen LogP contribution >= 0.6 is 0 Å². The van der Waals surface area contributed by atoms with Gasteiger partial charge in [0.15, 0.2) is 5.75 Å². The summed E-state index contributed by atoms with van der Waals surface area (Å²) in [5.41, 5.74) is 2.61. The van der Waals surface area contributed by atoms with Crippen LogP contribution in [0.5, 0.6) is 5.75 Å². The van der Waals surface area contributed by atoms with Gasteiger partial charge in [-0.1, -0.05) is 56.7 Å². The predicted octanol–water partition coefficient (Wildman–Crippen LogP) is 4.95. The van der Waals surface area contributed by atoms with Gasteiger partial charge < -0.3 is 10.1 Å². The standard InChI is InChI=1S/C17H27NO3/c1-3-4-5-6-7-8-9-10-15-11-14(2)17(21-20)16(12-15)13-18-19/h11-13,19-20H,3-10H2,1-2H3. The van der Waals surface area contributed by atoms with Gasteiger partial charge in [0.25, 0.3) is 0 Å². The normalized spacial score (nSPS) is 11.2. The summed E-state index contributed by atoms with van der Waals surface area (Å²) >= 11 is 0. The zero-order chi connectivity index (χ0) is 15.5. The molecule has 0 aromatic heterocycles. The van der Waals surface area contributed by atoms with Crippen LogP contribution in [0.1, 0.15) is 68.6 Å². The van der Waals surface area contributed by atoms with Crippen molar-refractivity contribution >= 4 is 6.21 Å². The minimum absolute atomic E-state index is 0.344. The Morgan fingerprint density at radius 3 is 2.38 bits per heavy atom. The molecule has 0 aliphatic rings. The predicted molar refractivity (Wildman–Crippen MR) is 85.5 cm³/mol. The molecular formula is C17H27NO3. The highest BCUT2D eigenvalue weighted by Gasteiger charge is 2.09. The first-order chi connectivity index (χ1) is 10.2. The molecule has 0 amide bonds. The maximum atomic E-state index is 8.89. The Morgan fingerprint density at radius 1 is 1.10 bits per heavy atom. The van der Waals surface area contributed by atoms with Crippen LogP contribution in [0.25, 0.3) is 0 Å². The van der Waals surface area contributed by atoms with Gasteiger partial charge in [-0.25, -0.2) is 5.26 Å². The Labute approximate surface area is 127 Å². The number of benzene rings is 1. The van der Waals surface area contributed by atoms with Crippen LogP contribution in [-0.2, 0) is 6.42 Å². The second-order valence-corrected chi connectivity index (χ2v) is 5.54. The maximum absolute atomic E-state index is 8.89. The van der Waals surface area contributed by atoms with Crippen molar-refractivity contribution in [2.24, 2.45) is 5.16 Å². The Bertz CT molecular complexity index is 444. The van der Waals surface area contributed by atoms with Gasteiger partial charge in [-0.15, -0.1) is 0 Å². The fraction of sp³-hybridized carbons (Fsp3) is 0.588. The molecule has 0 radical (unpaired) electrons. The smallest absolute Gasteiger partial charge is 0.176 e. The fourth-order valence-electron chi connectivity index (χ4n) is 2.59. The number of hydrogen-bond donors (Lipinski definition) is 2. The molecule has 4 nitrogen and oxygen atoms in total. The van der Waals surface area contributed by atoms with E-state index in [2.05, 4.69) is 17.0 Å². The molecule has 1 aromatic carbocycles.